The van der Waals surface area contributed by atoms with E-state index in [1.54, 1.807) is 26.3 Å². The number of carbonyl (C=O) groups is 11. The summed E-state index contributed by atoms with van der Waals surface area (Å²) in [6.45, 7) is 5.23. The van der Waals surface area contributed by atoms with E-state index in [4.69, 9.17) is 11.5 Å². The van der Waals surface area contributed by atoms with Crippen molar-refractivity contribution in [1.29, 1.82) is 0 Å². The highest BCUT2D eigenvalue weighted by molar-refractivity contribution is 7.98. The molecule has 4 rings (SSSR count). The molecule has 15 N–H and O–H groups in total. The lowest BCUT2D eigenvalue weighted by atomic mass is 10.0. The zero-order valence-corrected chi connectivity index (χ0v) is 47.8. The second-order valence-electron chi connectivity index (χ2n) is 20.5. The Morgan fingerprint density at radius 1 is 0.675 bits per heavy atom. The van der Waals surface area contributed by atoms with Gasteiger partial charge in [-0.2, -0.15) is 23.5 Å². The summed E-state index contributed by atoms with van der Waals surface area (Å²) in [5, 5.41) is 49.5. The lowest BCUT2D eigenvalue weighted by molar-refractivity contribution is -0.146. The third kappa shape index (κ3) is 19.1. The Hall–Kier alpha value is -6.49. The largest absolute Gasteiger partial charge is 0.481 e. The third-order valence-electron chi connectivity index (χ3n) is 13.9. The first-order chi connectivity index (χ1) is 37.9. The number of hydrogen-bond donors (Lipinski definition) is 13. The molecule has 10 amide bonds. The topological polar surface area (TPSA) is 407 Å². The minimum atomic E-state index is -1.73. The maximum Gasteiger partial charge on any atom is 0.303 e. The van der Waals surface area contributed by atoms with Crippen LogP contribution >= 0.6 is 23.5 Å². The number of nitrogens with zero attached hydrogens (tertiary/aromatic N) is 2. The van der Waals surface area contributed by atoms with Crippen LogP contribution in [0.5, 0.6) is 0 Å². The van der Waals surface area contributed by atoms with Crippen LogP contribution in [-0.2, 0) is 59.2 Å². The number of rotatable bonds is 32. The number of aliphatic carboxylic acids is 1. The number of aromatic nitrogens is 1. The Morgan fingerprint density at radius 3 is 1.77 bits per heavy atom. The Morgan fingerprint density at radius 2 is 1.21 bits per heavy atom. The molecular formula is C52H80N12O14S2. The molecule has 2 aliphatic rings. The number of nitrogens with one attached hydrogen (secondary N) is 8. The lowest BCUT2D eigenvalue weighted by Gasteiger charge is -2.33. The van der Waals surface area contributed by atoms with E-state index >= 15 is 0 Å². The van der Waals surface area contributed by atoms with E-state index in [2.05, 4.69) is 42.2 Å². The maximum atomic E-state index is 14.4. The average Bonchev–Trinajstić information content (AvgIpc) is 4.21. The van der Waals surface area contributed by atoms with Crippen LogP contribution in [0.3, 0.4) is 0 Å². The number of carboxylic acids is 1. The number of thioether (sulfide) groups is 2. The molecule has 444 valence electrons. The number of amides is 10. The van der Waals surface area contributed by atoms with Gasteiger partial charge in [-0.1, -0.05) is 32.0 Å². The van der Waals surface area contributed by atoms with Gasteiger partial charge < -0.3 is 78.8 Å². The first kappa shape index (κ1) is 66.0. The SMILES string of the molecule is CSCC[C@H](NC(=O)[C@H](C)NC(=O)[C@H](CCSC)NC(=O)[C@@H]1CCCN1C(=O)[C@H](CCC(=O)O)NC(=O)[C@@H]1CCCN1C(=O)[C@@H](NC(=O)[C@H](CO)NC(=O)[C@H](CC(C)C)NC(=O)[C@@H](N)Cc1c[nH]c2ccccc12)[C@@H](C)O)C(N)=O. The molecule has 3 heterocycles. The third-order valence-corrected chi connectivity index (χ3v) is 15.1. The van der Waals surface area contributed by atoms with Crippen LogP contribution in [0.1, 0.15) is 91.0 Å². The molecule has 26 nitrogen and oxygen atoms in total. The van der Waals surface area contributed by atoms with Gasteiger partial charge in [-0.25, -0.2) is 0 Å². The van der Waals surface area contributed by atoms with E-state index in [0.29, 0.717) is 17.9 Å². The van der Waals surface area contributed by atoms with E-state index in [1.807, 2.05) is 30.5 Å². The number of fused-ring (bicyclic) bond motifs is 1. The number of likely N-dealkylation sites (tertiary alicyclic amines) is 2. The molecule has 28 heteroatoms. The lowest BCUT2D eigenvalue weighted by Crippen LogP contribution is -2.62. The second kappa shape index (κ2) is 32.1. The molecule has 2 aromatic rings. The molecule has 11 atom stereocenters. The van der Waals surface area contributed by atoms with Gasteiger partial charge in [0.25, 0.3) is 0 Å². The van der Waals surface area contributed by atoms with E-state index < -0.39 is 151 Å². The summed E-state index contributed by atoms with van der Waals surface area (Å²) in [6.07, 6.45) is 4.21. The molecule has 1 aromatic heterocycles. The second-order valence-corrected chi connectivity index (χ2v) is 22.5. The van der Waals surface area contributed by atoms with Gasteiger partial charge in [-0.3, -0.25) is 52.7 Å². The van der Waals surface area contributed by atoms with Crippen molar-refractivity contribution in [3.8, 4) is 0 Å². The normalized spacial score (nSPS) is 18.6. The molecule has 0 bridgehead atoms. The van der Waals surface area contributed by atoms with E-state index in [9.17, 15) is 68.1 Å². The Kier molecular flexibility index (Phi) is 26.5. The van der Waals surface area contributed by atoms with Crippen LogP contribution in [-0.4, -0.2) is 205 Å². The fourth-order valence-electron chi connectivity index (χ4n) is 9.47. The number of H-pyrrole nitrogens is 1. The summed E-state index contributed by atoms with van der Waals surface area (Å²) in [5.41, 5.74) is 13.4. The molecule has 0 spiro atoms. The van der Waals surface area contributed by atoms with Crippen molar-refractivity contribution in [3.63, 3.8) is 0 Å². The minimum absolute atomic E-state index is 0.0274. The van der Waals surface area contributed by atoms with Crippen LogP contribution < -0.4 is 48.7 Å². The number of benzene rings is 1. The van der Waals surface area contributed by atoms with E-state index in [0.717, 1.165) is 21.4 Å². The summed E-state index contributed by atoms with van der Waals surface area (Å²) >= 11 is 2.84. The van der Waals surface area contributed by atoms with Gasteiger partial charge in [0, 0.05) is 36.6 Å². The predicted octanol–water partition coefficient (Wildman–Crippen LogP) is -2.29. The Labute approximate surface area is 473 Å². The summed E-state index contributed by atoms with van der Waals surface area (Å²) in [4.78, 5) is 153. The number of carboxylic acid groups (broad SMARTS) is 1. The highest BCUT2D eigenvalue weighted by atomic mass is 32.2. The van der Waals surface area contributed by atoms with Crippen molar-refractivity contribution in [3.05, 3.63) is 36.0 Å². The number of primary amides is 1. The molecule has 0 aliphatic carbocycles. The van der Waals surface area contributed by atoms with Crippen LogP contribution in [0.4, 0.5) is 0 Å². The highest BCUT2D eigenvalue weighted by Gasteiger charge is 2.44. The number of aromatic amines is 1. The van der Waals surface area contributed by atoms with Crippen molar-refractivity contribution >= 4 is 99.5 Å². The number of para-hydroxylation sites is 1. The first-order valence-electron chi connectivity index (χ1n) is 26.7. The molecule has 1 aromatic carbocycles. The molecule has 0 unspecified atom stereocenters. The number of hydrogen-bond acceptors (Lipinski definition) is 16. The van der Waals surface area contributed by atoms with Crippen molar-refractivity contribution < 1.29 is 68.1 Å². The minimum Gasteiger partial charge on any atom is -0.481 e. The molecule has 0 radical (unpaired) electrons. The molecule has 80 heavy (non-hydrogen) atoms. The zero-order chi connectivity index (χ0) is 59.4. The fourth-order valence-corrected chi connectivity index (χ4v) is 10.4. The number of aliphatic hydroxyl groups is 2. The molecule has 0 saturated carbocycles. The number of carbonyl (C=O) groups excluding carboxylic acids is 10. The van der Waals surface area contributed by atoms with Crippen molar-refractivity contribution in [2.45, 2.75) is 158 Å². The van der Waals surface area contributed by atoms with Crippen molar-refractivity contribution in [2.24, 2.45) is 17.4 Å². The standard InChI is InChI=1S/C52H80N12O14S2/c1-27(2)23-37(60-45(71)32(53)24-30-25-55-33-12-8-7-11-31(30)33)47(73)61-38(26-65)48(74)62-42(29(4)66)52(78)64-20-10-14-40(64)50(76)59-36(15-16-41(67)68)51(77)63-19-9-13-39(63)49(75)58-35(18-22-80-6)46(72)56-28(3)44(70)57-34(43(54)69)17-21-79-5/h7-8,11-12,25,27-29,32,34-40,42,55,65-66H,9-10,13-24,26,53H2,1-6H3,(H2,54,69)(H,56,72)(H,57,70)(H,58,75)(H,59,76)(H,60,71)(H,61,73)(H,62,74)(H,67,68)/t28-,29+,32-,34-,35-,36-,37-,38-,39-,40-,42-/m0/s1. The number of nitrogens with two attached hydrogens (primary N) is 2. The summed E-state index contributed by atoms with van der Waals surface area (Å²) in [7, 11) is 0. The van der Waals surface area contributed by atoms with Gasteiger partial charge >= 0.3 is 5.97 Å². The van der Waals surface area contributed by atoms with Gasteiger partial charge in [0.1, 0.15) is 54.4 Å². The van der Waals surface area contributed by atoms with Crippen LogP contribution in [0, 0.1) is 5.92 Å². The van der Waals surface area contributed by atoms with Gasteiger partial charge in [0.2, 0.25) is 59.1 Å². The van der Waals surface area contributed by atoms with Crippen molar-refractivity contribution in [2.75, 3.05) is 43.7 Å². The van der Waals surface area contributed by atoms with Crippen LogP contribution in [0.15, 0.2) is 30.5 Å². The van der Waals surface area contributed by atoms with Gasteiger partial charge in [0.15, 0.2) is 0 Å². The summed E-state index contributed by atoms with van der Waals surface area (Å²) < 4.78 is 0. The molecule has 2 saturated heterocycles. The smallest absolute Gasteiger partial charge is 0.303 e. The first-order valence-corrected chi connectivity index (χ1v) is 29.5. The average molecular weight is 1160 g/mol. The summed E-state index contributed by atoms with van der Waals surface area (Å²) in [5.74, 6) is -8.49. The monoisotopic (exact) mass is 1160 g/mol. The van der Waals surface area contributed by atoms with Crippen molar-refractivity contribution in [1.82, 2.24) is 52.0 Å². The highest BCUT2D eigenvalue weighted by Crippen LogP contribution is 2.24. The van der Waals surface area contributed by atoms with Crippen LogP contribution in [0.25, 0.3) is 10.9 Å². The summed E-state index contributed by atoms with van der Waals surface area (Å²) in [6, 6.07) is -5.44. The molecular weight excluding hydrogens is 1080 g/mol. The van der Waals surface area contributed by atoms with Gasteiger partial charge in [-0.05, 0) is 113 Å². The van der Waals surface area contributed by atoms with E-state index in [-0.39, 0.29) is 64.0 Å². The Bertz CT molecular complexity index is 2520. The molecule has 2 aliphatic heterocycles. The number of aliphatic hydroxyl groups excluding tert-OH is 2. The van der Waals surface area contributed by atoms with Gasteiger partial charge in [-0.15, -0.1) is 0 Å². The maximum absolute atomic E-state index is 14.4. The Balaban J connectivity index is 1.43. The van der Waals surface area contributed by atoms with Gasteiger partial charge in [0.05, 0.1) is 18.8 Å². The predicted molar refractivity (Wildman–Crippen MR) is 299 cm³/mol. The van der Waals surface area contributed by atoms with Crippen LogP contribution in [0.2, 0.25) is 0 Å². The molecule has 2 fully saturated rings. The zero-order valence-electron chi connectivity index (χ0n) is 46.1. The fraction of sp³-hybridized carbons (Fsp3) is 0.635. The quantitative estimate of drug-likeness (QED) is 0.0367. The van der Waals surface area contributed by atoms with E-state index in [1.165, 1.54) is 42.3 Å².